The van der Waals surface area contributed by atoms with Crippen molar-refractivity contribution in [3.63, 3.8) is 0 Å². The van der Waals surface area contributed by atoms with Crippen molar-refractivity contribution in [3.05, 3.63) is 82.9 Å². The number of ether oxygens (including phenoxy) is 3. The number of benzene rings is 3. The maximum absolute atomic E-state index is 13.0. The van der Waals surface area contributed by atoms with Crippen LogP contribution in [0.5, 0.6) is 5.75 Å². The molecule has 0 unspecified atom stereocenters. The average molecular weight is 623 g/mol. The van der Waals surface area contributed by atoms with Gasteiger partial charge in [0.25, 0.3) is 0 Å². The summed E-state index contributed by atoms with van der Waals surface area (Å²) in [6.07, 6.45) is 4.12. The molecule has 236 valence electrons. The summed E-state index contributed by atoms with van der Waals surface area (Å²) in [6.45, 7) is 6.24. The monoisotopic (exact) mass is 622 g/mol. The fourth-order valence-corrected chi connectivity index (χ4v) is 5.37. The van der Waals surface area contributed by atoms with Crippen molar-refractivity contribution < 1.29 is 28.9 Å². The summed E-state index contributed by atoms with van der Waals surface area (Å²) >= 11 is 6.10. The fraction of sp³-hybridized carbons (Fsp3) is 0.429. The third-order valence-corrected chi connectivity index (χ3v) is 7.68. The lowest BCUT2D eigenvalue weighted by Gasteiger charge is -2.29. The van der Waals surface area contributed by atoms with Gasteiger partial charge in [-0.15, -0.1) is 0 Å². The highest BCUT2D eigenvalue weighted by molar-refractivity contribution is 6.30. The zero-order chi connectivity index (χ0) is 31.7. The van der Waals surface area contributed by atoms with Crippen molar-refractivity contribution in [3.8, 4) is 16.9 Å². The molecule has 9 heteroatoms. The quantitative estimate of drug-likeness (QED) is 0.210. The van der Waals surface area contributed by atoms with Gasteiger partial charge in [0.05, 0.1) is 25.9 Å². The van der Waals surface area contributed by atoms with Gasteiger partial charge in [0.15, 0.2) is 0 Å². The summed E-state index contributed by atoms with van der Waals surface area (Å²) in [5.74, 6) is 0.132. The standard InChI is InChI=1S/C35H43ClN2O6/c1-35(2,3)44-34(41)38(23-31(39)26-9-8-10-27(36)21-26)20-19-37-28-16-13-24(14-17-28)25-15-18-30(33(40)42-4)32(22-25)43-29-11-6-5-7-12-29/h8-10,13-18,21-22,29,31,37,39H,5-7,11-12,19-20,23H2,1-4H3/t31-/m1/s1. The van der Waals surface area contributed by atoms with Crippen LogP contribution in [0.25, 0.3) is 11.1 Å². The molecule has 1 saturated carbocycles. The number of nitrogens with one attached hydrogen (secondary N) is 1. The van der Waals surface area contributed by atoms with Gasteiger partial charge in [-0.05, 0) is 99.5 Å². The molecule has 1 aliphatic rings. The van der Waals surface area contributed by atoms with Crippen molar-refractivity contribution in [2.45, 2.75) is 70.7 Å². The Bertz CT molecular complexity index is 1400. The van der Waals surface area contributed by atoms with Crippen LogP contribution in [0, 0.1) is 0 Å². The zero-order valence-electron chi connectivity index (χ0n) is 26.0. The van der Waals surface area contributed by atoms with E-state index in [1.807, 2.05) is 57.2 Å². The Hall–Kier alpha value is -3.75. The van der Waals surface area contributed by atoms with Gasteiger partial charge in [0, 0.05) is 23.8 Å². The minimum atomic E-state index is -0.918. The number of aliphatic hydroxyl groups excluding tert-OH is 1. The van der Waals surface area contributed by atoms with Crippen LogP contribution >= 0.6 is 11.6 Å². The predicted molar refractivity (Wildman–Crippen MR) is 173 cm³/mol. The van der Waals surface area contributed by atoms with E-state index in [9.17, 15) is 14.7 Å². The Labute approximate surface area is 265 Å². The number of nitrogens with zero attached hydrogens (tertiary/aromatic N) is 1. The van der Waals surface area contributed by atoms with Crippen molar-refractivity contribution in [1.82, 2.24) is 4.90 Å². The molecule has 3 aromatic carbocycles. The van der Waals surface area contributed by atoms with Gasteiger partial charge in [-0.2, -0.15) is 0 Å². The molecule has 44 heavy (non-hydrogen) atoms. The van der Waals surface area contributed by atoms with Gasteiger partial charge in [0.2, 0.25) is 0 Å². The summed E-state index contributed by atoms with van der Waals surface area (Å²) in [6, 6.07) is 20.4. The Morgan fingerprint density at radius 2 is 1.70 bits per heavy atom. The van der Waals surface area contributed by atoms with Crippen LogP contribution in [0.3, 0.4) is 0 Å². The molecule has 0 heterocycles. The van der Waals surface area contributed by atoms with Crippen LogP contribution in [-0.2, 0) is 9.47 Å². The molecule has 0 saturated heterocycles. The van der Waals surface area contributed by atoms with E-state index < -0.39 is 23.8 Å². The van der Waals surface area contributed by atoms with Crippen LogP contribution in [0.4, 0.5) is 10.5 Å². The van der Waals surface area contributed by atoms with Crippen LogP contribution in [0.15, 0.2) is 66.7 Å². The first-order valence-corrected chi connectivity index (χ1v) is 15.5. The SMILES string of the molecule is COC(=O)c1ccc(-c2ccc(NCCN(C[C@@H](O)c3cccc(Cl)c3)C(=O)OC(C)(C)C)cc2)cc1OC1CCCCC1. The number of hydrogen-bond donors (Lipinski definition) is 2. The van der Waals surface area contributed by atoms with Gasteiger partial charge < -0.3 is 29.5 Å². The van der Waals surface area contributed by atoms with Crippen molar-refractivity contribution in [2.24, 2.45) is 0 Å². The minimum absolute atomic E-state index is 0.0582. The first-order chi connectivity index (χ1) is 21.0. The molecule has 0 bridgehead atoms. The Morgan fingerprint density at radius 3 is 2.36 bits per heavy atom. The molecule has 0 aromatic heterocycles. The Kier molecular flexibility index (Phi) is 11.5. The van der Waals surface area contributed by atoms with E-state index >= 15 is 0 Å². The van der Waals surface area contributed by atoms with Crippen LogP contribution in [0.2, 0.25) is 5.02 Å². The minimum Gasteiger partial charge on any atom is -0.490 e. The van der Waals surface area contributed by atoms with E-state index in [0.29, 0.717) is 35.0 Å². The number of anilines is 1. The summed E-state index contributed by atoms with van der Waals surface area (Å²) < 4.78 is 16.9. The highest BCUT2D eigenvalue weighted by Gasteiger charge is 2.25. The van der Waals surface area contributed by atoms with Crippen LogP contribution in [-0.4, -0.2) is 60.5 Å². The third-order valence-electron chi connectivity index (χ3n) is 7.44. The molecule has 0 radical (unpaired) electrons. The van der Waals surface area contributed by atoms with Gasteiger partial charge in [-0.3, -0.25) is 0 Å². The van der Waals surface area contributed by atoms with Gasteiger partial charge >= 0.3 is 12.1 Å². The second-order valence-corrected chi connectivity index (χ2v) is 12.5. The molecule has 1 amide bonds. The number of methoxy groups -OCH3 is 1. The fourth-order valence-electron chi connectivity index (χ4n) is 5.17. The number of carbonyl (C=O) groups excluding carboxylic acids is 2. The second-order valence-electron chi connectivity index (χ2n) is 12.1. The van der Waals surface area contributed by atoms with Gasteiger partial charge in [-0.1, -0.05) is 48.4 Å². The highest BCUT2D eigenvalue weighted by Crippen LogP contribution is 2.32. The van der Waals surface area contributed by atoms with Crippen molar-refractivity contribution in [1.29, 1.82) is 0 Å². The molecule has 1 fully saturated rings. The number of esters is 1. The average Bonchev–Trinajstić information content (AvgIpc) is 3.00. The molecular formula is C35H43ClN2O6. The van der Waals surface area contributed by atoms with E-state index in [0.717, 1.165) is 42.5 Å². The Balaban J connectivity index is 1.42. The van der Waals surface area contributed by atoms with Crippen LogP contribution in [0.1, 0.15) is 74.9 Å². The molecule has 1 atom stereocenters. The second kappa shape index (κ2) is 15.3. The summed E-state index contributed by atoms with van der Waals surface area (Å²) in [7, 11) is 1.38. The number of amides is 1. The lowest BCUT2D eigenvalue weighted by molar-refractivity contribution is 0.0153. The first-order valence-electron chi connectivity index (χ1n) is 15.2. The first kappa shape index (κ1) is 33.1. The summed E-state index contributed by atoms with van der Waals surface area (Å²) in [5.41, 5.74) is 3.16. The third kappa shape index (κ3) is 9.63. The number of halogens is 1. The number of aliphatic hydroxyl groups is 1. The van der Waals surface area contributed by atoms with E-state index in [-0.39, 0.29) is 12.6 Å². The van der Waals surface area contributed by atoms with Crippen molar-refractivity contribution in [2.75, 3.05) is 32.1 Å². The molecule has 0 aliphatic heterocycles. The molecule has 3 aromatic rings. The molecule has 0 spiro atoms. The lowest BCUT2D eigenvalue weighted by Crippen LogP contribution is -2.41. The van der Waals surface area contributed by atoms with E-state index in [2.05, 4.69) is 5.32 Å². The highest BCUT2D eigenvalue weighted by atomic mass is 35.5. The van der Waals surface area contributed by atoms with Gasteiger partial charge in [0.1, 0.15) is 16.9 Å². The topological polar surface area (TPSA) is 97.3 Å². The van der Waals surface area contributed by atoms with E-state index in [4.69, 9.17) is 25.8 Å². The van der Waals surface area contributed by atoms with E-state index in [1.54, 1.807) is 30.3 Å². The Morgan fingerprint density at radius 1 is 1.00 bits per heavy atom. The molecule has 8 nitrogen and oxygen atoms in total. The van der Waals surface area contributed by atoms with Gasteiger partial charge in [-0.25, -0.2) is 9.59 Å². The van der Waals surface area contributed by atoms with E-state index in [1.165, 1.54) is 18.4 Å². The maximum atomic E-state index is 13.0. The molecule has 1 aliphatic carbocycles. The molecule has 2 N–H and O–H groups in total. The molecule has 4 rings (SSSR count). The molecular weight excluding hydrogens is 580 g/mol. The van der Waals surface area contributed by atoms with Crippen molar-refractivity contribution >= 4 is 29.4 Å². The van der Waals surface area contributed by atoms with Crippen LogP contribution < -0.4 is 10.1 Å². The largest absolute Gasteiger partial charge is 0.490 e. The normalized spacial score (nSPS) is 14.4. The zero-order valence-corrected chi connectivity index (χ0v) is 26.7. The number of rotatable bonds is 11. The smallest absolute Gasteiger partial charge is 0.410 e. The summed E-state index contributed by atoms with van der Waals surface area (Å²) in [5, 5.41) is 14.7. The lowest BCUT2D eigenvalue weighted by atomic mass is 9.97. The number of hydrogen-bond acceptors (Lipinski definition) is 7. The maximum Gasteiger partial charge on any atom is 0.410 e. The summed E-state index contributed by atoms with van der Waals surface area (Å²) in [4.78, 5) is 26.9. The predicted octanol–water partition coefficient (Wildman–Crippen LogP) is 7.89. The number of carbonyl (C=O) groups is 2.